The van der Waals surface area contributed by atoms with Gasteiger partial charge < -0.3 is 14.4 Å². The summed E-state index contributed by atoms with van der Waals surface area (Å²) < 4.78 is 45.4. The van der Waals surface area contributed by atoms with Crippen LogP contribution in [0.25, 0.3) is 0 Å². The lowest BCUT2D eigenvalue weighted by Crippen LogP contribution is -2.26. The van der Waals surface area contributed by atoms with Crippen LogP contribution in [-0.4, -0.2) is 31.3 Å². The van der Waals surface area contributed by atoms with Crippen LogP contribution in [0.15, 0.2) is 42.5 Å². The molecule has 0 aliphatic heterocycles. The van der Waals surface area contributed by atoms with E-state index in [1.165, 1.54) is 42.3 Å². The monoisotopic (exact) mass is 373 g/mol. The fourth-order valence-electron chi connectivity index (χ4n) is 2.20. The van der Waals surface area contributed by atoms with Gasteiger partial charge in [-0.1, -0.05) is 23.7 Å². The van der Waals surface area contributed by atoms with E-state index in [2.05, 4.69) is 4.74 Å². The lowest BCUT2D eigenvalue weighted by atomic mass is 10.1. The molecule has 0 heterocycles. The van der Waals surface area contributed by atoms with Crippen molar-refractivity contribution in [2.45, 2.75) is 12.9 Å². The number of nitrogens with zero attached hydrogens (tertiary/aromatic N) is 1. The maximum atomic E-state index is 12.5. The second-order valence-electron chi connectivity index (χ2n) is 5.20. The van der Waals surface area contributed by atoms with Gasteiger partial charge in [-0.15, -0.1) is 13.2 Å². The molecule has 25 heavy (non-hydrogen) atoms. The average Bonchev–Trinajstić information content (AvgIpc) is 2.54. The molecule has 0 atom stereocenters. The van der Waals surface area contributed by atoms with Gasteiger partial charge in [0, 0.05) is 18.6 Å². The third-order valence-electron chi connectivity index (χ3n) is 3.32. The number of carbonyl (C=O) groups is 1. The molecular formula is C17H15ClF3NO3. The van der Waals surface area contributed by atoms with Crippen molar-refractivity contribution >= 4 is 17.5 Å². The van der Waals surface area contributed by atoms with Crippen molar-refractivity contribution in [1.29, 1.82) is 0 Å². The fourth-order valence-corrected chi connectivity index (χ4v) is 2.37. The van der Waals surface area contributed by atoms with E-state index in [0.29, 0.717) is 21.9 Å². The van der Waals surface area contributed by atoms with Crippen LogP contribution >= 0.6 is 11.6 Å². The van der Waals surface area contributed by atoms with E-state index in [-0.39, 0.29) is 18.2 Å². The van der Waals surface area contributed by atoms with Gasteiger partial charge >= 0.3 is 6.36 Å². The molecule has 0 bridgehead atoms. The number of methoxy groups -OCH3 is 1. The van der Waals surface area contributed by atoms with Gasteiger partial charge in [0.1, 0.15) is 11.5 Å². The number of alkyl halides is 3. The predicted molar refractivity (Wildman–Crippen MR) is 86.9 cm³/mol. The van der Waals surface area contributed by atoms with Gasteiger partial charge in [0.05, 0.1) is 12.7 Å². The summed E-state index contributed by atoms with van der Waals surface area (Å²) in [5, 5.41) is 0.395. The third kappa shape index (κ3) is 5.29. The molecule has 1 amide bonds. The van der Waals surface area contributed by atoms with Crippen LogP contribution in [0, 0.1) is 0 Å². The first-order valence-electron chi connectivity index (χ1n) is 7.13. The molecular weight excluding hydrogens is 359 g/mol. The zero-order chi connectivity index (χ0) is 18.6. The number of halogens is 4. The van der Waals surface area contributed by atoms with E-state index in [4.69, 9.17) is 16.3 Å². The number of rotatable bonds is 5. The molecule has 0 aliphatic rings. The standard InChI is InChI=1S/C17H15ClF3NO3/c1-22(16(23)14-9-12(18)5-8-15(14)24-2)10-11-3-6-13(7-4-11)25-17(19,20)21/h3-9H,10H2,1-2H3. The molecule has 0 aliphatic carbocycles. The second-order valence-corrected chi connectivity index (χ2v) is 5.63. The van der Waals surface area contributed by atoms with Gasteiger partial charge in [0.25, 0.3) is 5.91 Å². The molecule has 4 nitrogen and oxygen atoms in total. The summed E-state index contributed by atoms with van der Waals surface area (Å²) in [6, 6.07) is 10.0. The number of benzene rings is 2. The first-order valence-corrected chi connectivity index (χ1v) is 7.51. The van der Waals surface area contributed by atoms with Crippen molar-refractivity contribution in [2.24, 2.45) is 0 Å². The summed E-state index contributed by atoms with van der Waals surface area (Å²) in [7, 11) is 3.02. The molecule has 0 saturated carbocycles. The minimum absolute atomic E-state index is 0.195. The lowest BCUT2D eigenvalue weighted by Gasteiger charge is -2.19. The highest BCUT2D eigenvalue weighted by Crippen LogP contribution is 2.25. The number of hydrogen-bond acceptors (Lipinski definition) is 3. The highest BCUT2D eigenvalue weighted by atomic mass is 35.5. The molecule has 0 spiro atoms. The second kappa shape index (κ2) is 7.65. The topological polar surface area (TPSA) is 38.8 Å². The van der Waals surface area contributed by atoms with Crippen LogP contribution in [-0.2, 0) is 6.54 Å². The van der Waals surface area contributed by atoms with Gasteiger partial charge in [-0.05, 0) is 35.9 Å². The van der Waals surface area contributed by atoms with E-state index in [0.717, 1.165) is 0 Å². The third-order valence-corrected chi connectivity index (χ3v) is 3.55. The molecule has 0 fully saturated rings. The predicted octanol–water partition coefficient (Wildman–Crippen LogP) is 4.52. The molecule has 2 aromatic carbocycles. The van der Waals surface area contributed by atoms with Crippen LogP contribution in [0.1, 0.15) is 15.9 Å². The Morgan fingerprint density at radius 1 is 1.16 bits per heavy atom. The van der Waals surface area contributed by atoms with Crippen molar-refractivity contribution in [3.05, 3.63) is 58.6 Å². The summed E-state index contributed by atoms with van der Waals surface area (Å²) in [6.07, 6.45) is -4.74. The molecule has 0 aromatic heterocycles. The first kappa shape index (κ1) is 18.9. The number of hydrogen-bond donors (Lipinski definition) is 0. The van der Waals surface area contributed by atoms with Crippen molar-refractivity contribution in [1.82, 2.24) is 4.90 Å². The molecule has 0 unspecified atom stereocenters. The van der Waals surface area contributed by atoms with Gasteiger partial charge in [-0.3, -0.25) is 4.79 Å². The SMILES string of the molecule is COc1ccc(Cl)cc1C(=O)N(C)Cc1ccc(OC(F)(F)F)cc1. The van der Waals surface area contributed by atoms with E-state index in [1.54, 1.807) is 19.2 Å². The highest BCUT2D eigenvalue weighted by molar-refractivity contribution is 6.31. The Hall–Kier alpha value is -2.41. The van der Waals surface area contributed by atoms with Crippen LogP contribution in [0.5, 0.6) is 11.5 Å². The van der Waals surface area contributed by atoms with Gasteiger partial charge in [-0.25, -0.2) is 0 Å². The minimum Gasteiger partial charge on any atom is -0.496 e. The summed E-state index contributed by atoms with van der Waals surface area (Å²) >= 11 is 5.92. The maximum absolute atomic E-state index is 12.5. The quantitative estimate of drug-likeness (QED) is 0.773. The summed E-state index contributed by atoms with van der Waals surface area (Å²) in [4.78, 5) is 14.0. The molecule has 8 heteroatoms. The van der Waals surface area contributed by atoms with Crippen LogP contribution in [0.2, 0.25) is 5.02 Å². The largest absolute Gasteiger partial charge is 0.573 e. The Morgan fingerprint density at radius 3 is 2.36 bits per heavy atom. The van der Waals surface area contributed by atoms with Crippen LogP contribution < -0.4 is 9.47 Å². The van der Waals surface area contributed by atoms with Crippen molar-refractivity contribution in [2.75, 3.05) is 14.2 Å². The van der Waals surface area contributed by atoms with Crippen molar-refractivity contribution in [3.8, 4) is 11.5 Å². The van der Waals surface area contributed by atoms with E-state index in [1.807, 2.05) is 0 Å². The minimum atomic E-state index is -4.74. The van der Waals surface area contributed by atoms with E-state index in [9.17, 15) is 18.0 Å². The van der Waals surface area contributed by atoms with E-state index >= 15 is 0 Å². The molecule has 0 N–H and O–H groups in total. The van der Waals surface area contributed by atoms with Gasteiger partial charge in [-0.2, -0.15) is 0 Å². The van der Waals surface area contributed by atoms with Crippen molar-refractivity contribution < 1.29 is 27.4 Å². The first-order chi connectivity index (χ1) is 11.7. The Morgan fingerprint density at radius 2 is 1.80 bits per heavy atom. The Labute approximate surface area is 147 Å². The number of carbonyl (C=O) groups excluding carboxylic acids is 1. The normalized spacial score (nSPS) is 11.1. The van der Waals surface area contributed by atoms with Crippen LogP contribution in [0.4, 0.5) is 13.2 Å². The average molecular weight is 374 g/mol. The Bertz CT molecular complexity index is 748. The highest BCUT2D eigenvalue weighted by Gasteiger charge is 2.31. The Balaban J connectivity index is 2.10. The molecule has 2 rings (SSSR count). The van der Waals surface area contributed by atoms with Gasteiger partial charge in [0.2, 0.25) is 0 Å². The van der Waals surface area contributed by atoms with Gasteiger partial charge in [0.15, 0.2) is 0 Å². The van der Waals surface area contributed by atoms with E-state index < -0.39 is 6.36 Å². The maximum Gasteiger partial charge on any atom is 0.573 e. The molecule has 2 aromatic rings. The van der Waals surface area contributed by atoms with Crippen LogP contribution in [0.3, 0.4) is 0 Å². The number of amides is 1. The summed E-state index contributed by atoms with van der Waals surface area (Å²) in [5.41, 5.74) is 0.945. The zero-order valence-corrected chi connectivity index (χ0v) is 14.2. The molecule has 0 radical (unpaired) electrons. The summed E-state index contributed by atoms with van der Waals surface area (Å²) in [5.74, 6) is -0.258. The van der Waals surface area contributed by atoms with Crippen molar-refractivity contribution in [3.63, 3.8) is 0 Å². The number of ether oxygens (including phenoxy) is 2. The Kier molecular flexibility index (Phi) is 5.79. The lowest BCUT2D eigenvalue weighted by molar-refractivity contribution is -0.274. The summed E-state index contributed by atoms with van der Waals surface area (Å²) in [6.45, 7) is 0.195. The smallest absolute Gasteiger partial charge is 0.496 e. The molecule has 0 saturated heterocycles. The molecule has 134 valence electrons. The fraction of sp³-hybridized carbons (Fsp3) is 0.235. The zero-order valence-electron chi connectivity index (χ0n) is 13.4.